The van der Waals surface area contributed by atoms with E-state index in [4.69, 9.17) is 23.7 Å². The van der Waals surface area contributed by atoms with Crippen LogP contribution in [0.4, 0.5) is 4.79 Å². The number of piperidine rings is 1. The van der Waals surface area contributed by atoms with Gasteiger partial charge in [0.05, 0.1) is 39.1 Å². The van der Waals surface area contributed by atoms with Gasteiger partial charge in [-0.2, -0.15) is 0 Å². The molecule has 0 unspecified atom stereocenters. The standard InChI is InChI=1S/C28H37NO6/c1-27(2,3)35-26(30)29-15-14-28(33-16-17-34-28)18-24(29)25(32-20-23-12-8-5-9-13-23)21-31-19-22-10-6-4-7-11-22/h4-13,24-25H,14-21H2,1-3H3/t24-,25-/m1/s1. The van der Waals surface area contributed by atoms with Crippen LogP contribution in [0, 0.1) is 0 Å². The van der Waals surface area contributed by atoms with Crippen molar-refractivity contribution in [2.24, 2.45) is 0 Å². The first kappa shape index (κ1) is 25.6. The Morgan fingerprint density at radius 1 is 1.00 bits per heavy atom. The molecule has 0 aromatic heterocycles. The summed E-state index contributed by atoms with van der Waals surface area (Å²) >= 11 is 0. The van der Waals surface area contributed by atoms with E-state index in [0.29, 0.717) is 52.4 Å². The molecule has 0 radical (unpaired) electrons. The summed E-state index contributed by atoms with van der Waals surface area (Å²) in [5.41, 5.74) is 1.55. The minimum atomic E-state index is -0.697. The molecule has 0 saturated carbocycles. The zero-order chi connectivity index (χ0) is 24.7. The summed E-state index contributed by atoms with van der Waals surface area (Å²) in [5, 5.41) is 0. The van der Waals surface area contributed by atoms with E-state index in [1.165, 1.54) is 0 Å². The van der Waals surface area contributed by atoms with Crippen molar-refractivity contribution in [3.8, 4) is 0 Å². The van der Waals surface area contributed by atoms with Crippen LogP contribution in [0.5, 0.6) is 0 Å². The molecule has 2 heterocycles. The average molecular weight is 484 g/mol. The molecule has 190 valence electrons. The Bertz CT molecular complexity index is 923. The largest absolute Gasteiger partial charge is 0.444 e. The summed E-state index contributed by atoms with van der Waals surface area (Å²) in [7, 11) is 0. The number of nitrogens with zero attached hydrogens (tertiary/aromatic N) is 1. The van der Waals surface area contributed by atoms with E-state index in [1.807, 2.05) is 81.4 Å². The van der Waals surface area contributed by atoms with Crippen LogP contribution < -0.4 is 0 Å². The van der Waals surface area contributed by atoms with Gasteiger partial charge < -0.3 is 28.6 Å². The van der Waals surface area contributed by atoms with E-state index in [0.717, 1.165) is 11.1 Å². The lowest BCUT2D eigenvalue weighted by Gasteiger charge is -2.46. The van der Waals surface area contributed by atoms with Crippen LogP contribution in [0.15, 0.2) is 60.7 Å². The molecule has 35 heavy (non-hydrogen) atoms. The first-order valence-electron chi connectivity index (χ1n) is 12.4. The van der Waals surface area contributed by atoms with E-state index in [9.17, 15) is 4.79 Å². The molecule has 2 aromatic rings. The molecule has 0 aliphatic carbocycles. The van der Waals surface area contributed by atoms with Crippen molar-refractivity contribution < 1.29 is 28.5 Å². The molecule has 7 nitrogen and oxygen atoms in total. The normalized spacial score (nSPS) is 20.7. The maximum Gasteiger partial charge on any atom is 0.410 e. The molecule has 2 fully saturated rings. The smallest absolute Gasteiger partial charge is 0.410 e. The van der Waals surface area contributed by atoms with E-state index in [2.05, 4.69) is 0 Å². The fourth-order valence-electron chi connectivity index (χ4n) is 4.54. The van der Waals surface area contributed by atoms with Gasteiger partial charge in [0.25, 0.3) is 0 Å². The molecule has 1 spiro atoms. The van der Waals surface area contributed by atoms with Crippen molar-refractivity contribution >= 4 is 6.09 Å². The molecule has 2 aliphatic heterocycles. The van der Waals surface area contributed by atoms with Crippen LogP contribution in [0.3, 0.4) is 0 Å². The fraction of sp³-hybridized carbons (Fsp3) is 0.536. The van der Waals surface area contributed by atoms with E-state index >= 15 is 0 Å². The van der Waals surface area contributed by atoms with Crippen LogP contribution in [0.2, 0.25) is 0 Å². The Kier molecular flexibility index (Phi) is 8.44. The van der Waals surface area contributed by atoms with Gasteiger partial charge in [0.1, 0.15) is 11.7 Å². The Balaban J connectivity index is 1.53. The lowest BCUT2D eigenvalue weighted by molar-refractivity contribution is -0.209. The predicted molar refractivity (Wildman–Crippen MR) is 132 cm³/mol. The molecule has 2 saturated heterocycles. The van der Waals surface area contributed by atoms with Crippen molar-refractivity contribution in [2.45, 2.75) is 70.4 Å². The van der Waals surface area contributed by atoms with Gasteiger partial charge in [0.15, 0.2) is 5.79 Å². The monoisotopic (exact) mass is 483 g/mol. The van der Waals surface area contributed by atoms with E-state index in [-0.39, 0.29) is 12.1 Å². The molecule has 7 heteroatoms. The molecular formula is C28H37NO6. The number of ether oxygens (including phenoxy) is 5. The van der Waals surface area contributed by atoms with Crippen molar-refractivity contribution in [3.63, 3.8) is 0 Å². The van der Waals surface area contributed by atoms with Crippen molar-refractivity contribution in [2.75, 3.05) is 26.4 Å². The maximum atomic E-state index is 13.2. The summed E-state index contributed by atoms with van der Waals surface area (Å²) in [6, 6.07) is 19.7. The minimum absolute atomic E-state index is 0.321. The third-order valence-electron chi connectivity index (χ3n) is 6.23. The van der Waals surface area contributed by atoms with E-state index < -0.39 is 17.5 Å². The lowest BCUT2D eigenvalue weighted by atomic mass is 9.92. The number of likely N-dealkylation sites (tertiary alicyclic amines) is 1. The number of hydrogen-bond donors (Lipinski definition) is 0. The van der Waals surface area contributed by atoms with Gasteiger partial charge >= 0.3 is 6.09 Å². The highest BCUT2D eigenvalue weighted by Gasteiger charge is 2.49. The minimum Gasteiger partial charge on any atom is -0.444 e. The van der Waals surface area contributed by atoms with Crippen LogP contribution in [-0.4, -0.2) is 60.9 Å². The number of benzene rings is 2. The summed E-state index contributed by atoms with van der Waals surface area (Å²) < 4.78 is 30.4. The van der Waals surface area contributed by atoms with Gasteiger partial charge in [-0.1, -0.05) is 60.7 Å². The molecule has 0 N–H and O–H groups in total. The summed E-state index contributed by atoms with van der Waals surface area (Å²) in [5.74, 6) is -0.697. The molecule has 4 rings (SSSR count). The van der Waals surface area contributed by atoms with Crippen molar-refractivity contribution in [1.29, 1.82) is 0 Å². The van der Waals surface area contributed by atoms with Crippen LogP contribution in [-0.2, 0) is 36.9 Å². The lowest BCUT2D eigenvalue weighted by Crippen LogP contribution is -2.59. The highest BCUT2D eigenvalue weighted by molar-refractivity contribution is 5.69. The second kappa shape index (κ2) is 11.5. The zero-order valence-electron chi connectivity index (χ0n) is 21.0. The quantitative estimate of drug-likeness (QED) is 0.530. The van der Waals surface area contributed by atoms with Gasteiger partial charge in [-0.25, -0.2) is 4.79 Å². The topological polar surface area (TPSA) is 66.5 Å². The summed E-state index contributed by atoms with van der Waals surface area (Å²) in [4.78, 5) is 15.0. The Morgan fingerprint density at radius 2 is 1.60 bits per heavy atom. The first-order valence-corrected chi connectivity index (χ1v) is 12.4. The number of amides is 1. The molecule has 2 atom stereocenters. The number of carbonyl (C=O) groups excluding carboxylic acids is 1. The zero-order valence-corrected chi connectivity index (χ0v) is 21.0. The molecule has 2 aliphatic rings. The van der Waals surface area contributed by atoms with Gasteiger partial charge in [0, 0.05) is 19.4 Å². The van der Waals surface area contributed by atoms with Crippen LogP contribution in [0.25, 0.3) is 0 Å². The van der Waals surface area contributed by atoms with Gasteiger partial charge in [0.2, 0.25) is 0 Å². The van der Waals surface area contributed by atoms with E-state index in [1.54, 1.807) is 4.90 Å². The maximum absolute atomic E-state index is 13.2. The highest BCUT2D eigenvalue weighted by Crippen LogP contribution is 2.37. The summed E-state index contributed by atoms with van der Waals surface area (Å²) in [6.45, 7) is 8.39. The Morgan fingerprint density at radius 3 is 2.20 bits per heavy atom. The number of carbonyl (C=O) groups is 1. The molecule has 0 bridgehead atoms. The van der Waals surface area contributed by atoms with Crippen molar-refractivity contribution in [3.05, 3.63) is 71.8 Å². The third kappa shape index (κ3) is 7.27. The predicted octanol–water partition coefficient (Wildman–Crippen LogP) is 4.93. The van der Waals surface area contributed by atoms with Crippen LogP contribution in [0.1, 0.15) is 44.7 Å². The second-order valence-electron chi connectivity index (χ2n) is 10.1. The highest BCUT2D eigenvalue weighted by atomic mass is 16.7. The Labute approximate surface area is 208 Å². The molecule has 1 amide bonds. The fourth-order valence-corrected chi connectivity index (χ4v) is 4.54. The SMILES string of the molecule is CC(C)(C)OC(=O)N1CCC2(C[C@@H]1[C@@H](COCc1ccccc1)OCc1ccccc1)OCCO2. The van der Waals surface area contributed by atoms with Gasteiger partial charge in [-0.15, -0.1) is 0 Å². The molecule has 2 aromatic carbocycles. The second-order valence-corrected chi connectivity index (χ2v) is 10.1. The number of hydrogen-bond acceptors (Lipinski definition) is 6. The first-order chi connectivity index (χ1) is 16.8. The van der Waals surface area contributed by atoms with Gasteiger partial charge in [-0.3, -0.25) is 0 Å². The Hall–Kier alpha value is -2.45. The molecular weight excluding hydrogens is 446 g/mol. The van der Waals surface area contributed by atoms with Crippen molar-refractivity contribution in [1.82, 2.24) is 4.90 Å². The summed E-state index contributed by atoms with van der Waals surface area (Å²) in [6.07, 6.45) is 0.350. The van der Waals surface area contributed by atoms with Crippen LogP contribution >= 0.6 is 0 Å². The average Bonchev–Trinajstić information content (AvgIpc) is 3.29. The number of rotatable bonds is 8. The third-order valence-corrected chi connectivity index (χ3v) is 6.23. The van der Waals surface area contributed by atoms with Gasteiger partial charge in [-0.05, 0) is 31.9 Å².